The lowest BCUT2D eigenvalue weighted by atomic mass is 10.0. The molecule has 4 heteroatoms. The van der Waals surface area contributed by atoms with Crippen molar-refractivity contribution in [1.29, 1.82) is 0 Å². The summed E-state index contributed by atoms with van der Waals surface area (Å²) in [5, 5.41) is 13.2. The predicted molar refractivity (Wildman–Crippen MR) is 85.6 cm³/mol. The van der Waals surface area contributed by atoms with Gasteiger partial charge in [-0.25, -0.2) is 0 Å². The van der Waals surface area contributed by atoms with E-state index >= 15 is 0 Å². The van der Waals surface area contributed by atoms with Gasteiger partial charge >= 0.3 is 0 Å². The Labute approximate surface area is 125 Å². The van der Waals surface area contributed by atoms with Gasteiger partial charge in [0, 0.05) is 23.6 Å². The summed E-state index contributed by atoms with van der Waals surface area (Å²) in [5.74, 6) is 0.182. The van der Waals surface area contributed by atoms with Gasteiger partial charge in [-0.05, 0) is 43.9 Å². The van der Waals surface area contributed by atoms with Crippen LogP contribution in [-0.4, -0.2) is 28.6 Å². The number of hydrogen-bond acceptors (Lipinski definition) is 2. The average molecular weight is 288 g/mol. The Morgan fingerprint density at radius 1 is 1.33 bits per heavy atom. The number of nitrogens with one attached hydrogen (secondary N) is 2. The molecule has 0 radical (unpaired) electrons. The lowest BCUT2D eigenvalue weighted by molar-refractivity contribution is 0.0911. The van der Waals surface area contributed by atoms with E-state index in [0.29, 0.717) is 12.1 Å². The monoisotopic (exact) mass is 288 g/mol. The van der Waals surface area contributed by atoms with E-state index in [2.05, 4.69) is 16.4 Å². The maximum Gasteiger partial charge on any atom is 0.268 e. The Kier molecular flexibility index (Phi) is 4.68. The SMILES string of the molecule is Cc1ccc2[nH]c(C(=O)NC(CCO)C(C)C)c(C)c2c1. The van der Waals surface area contributed by atoms with Crippen LogP contribution >= 0.6 is 0 Å². The molecule has 2 rings (SSSR count). The molecular formula is C17H24N2O2. The molecule has 114 valence electrons. The minimum absolute atomic E-state index is 0.0185. The first-order valence-corrected chi connectivity index (χ1v) is 7.44. The van der Waals surface area contributed by atoms with Crippen LogP contribution in [-0.2, 0) is 0 Å². The summed E-state index contributed by atoms with van der Waals surface area (Å²) in [5.41, 5.74) is 3.74. The van der Waals surface area contributed by atoms with Crippen LogP contribution in [0.5, 0.6) is 0 Å². The molecule has 2 aromatic rings. The third kappa shape index (κ3) is 3.27. The van der Waals surface area contributed by atoms with E-state index in [-0.39, 0.29) is 24.5 Å². The Balaban J connectivity index is 2.29. The van der Waals surface area contributed by atoms with Gasteiger partial charge in [0.15, 0.2) is 0 Å². The Morgan fingerprint density at radius 3 is 2.67 bits per heavy atom. The molecule has 1 unspecified atom stereocenters. The van der Waals surface area contributed by atoms with Crippen molar-refractivity contribution in [2.45, 2.75) is 40.2 Å². The molecule has 0 saturated heterocycles. The topological polar surface area (TPSA) is 65.1 Å². The zero-order valence-electron chi connectivity index (χ0n) is 13.2. The van der Waals surface area contributed by atoms with E-state index in [1.54, 1.807) is 0 Å². The van der Waals surface area contributed by atoms with Crippen molar-refractivity contribution in [3.05, 3.63) is 35.0 Å². The minimum Gasteiger partial charge on any atom is -0.396 e. The summed E-state index contributed by atoms with van der Waals surface area (Å²) >= 11 is 0. The predicted octanol–water partition coefficient (Wildman–Crippen LogP) is 2.92. The molecular weight excluding hydrogens is 264 g/mol. The number of benzene rings is 1. The third-order valence-electron chi connectivity index (χ3n) is 4.00. The first-order chi connectivity index (χ1) is 9.93. The normalized spacial score (nSPS) is 12.9. The van der Waals surface area contributed by atoms with Crippen LogP contribution in [0.2, 0.25) is 0 Å². The summed E-state index contributed by atoms with van der Waals surface area (Å²) in [7, 11) is 0. The van der Waals surface area contributed by atoms with Crippen molar-refractivity contribution < 1.29 is 9.90 Å². The molecule has 1 aromatic heterocycles. The second kappa shape index (κ2) is 6.31. The number of aromatic nitrogens is 1. The molecule has 0 bridgehead atoms. The highest BCUT2D eigenvalue weighted by Gasteiger charge is 2.20. The van der Waals surface area contributed by atoms with Gasteiger partial charge in [-0.3, -0.25) is 4.79 Å². The lowest BCUT2D eigenvalue weighted by Gasteiger charge is -2.21. The first-order valence-electron chi connectivity index (χ1n) is 7.44. The minimum atomic E-state index is -0.103. The van der Waals surface area contributed by atoms with Crippen LogP contribution in [0.3, 0.4) is 0 Å². The van der Waals surface area contributed by atoms with Crippen molar-refractivity contribution in [3.8, 4) is 0 Å². The van der Waals surface area contributed by atoms with Crippen molar-refractivity contribution in [3.63, 3.8) is 0 Å². The number of aromatic amines is 1. The molecule has 0 aliphatic rings. The van der Waals surface area contributed by atoms with Crippen molar-refractivity contribution in [1.82, 2.24) is 10.3 Å². The van der Waals surface area contributed by atoms with Gasteiger partial charge in [-0.2, -0.15) is 0 Å². The standard InChI is InChI=1S/C17H24N2O2/c1-10(2)14(7-8-20)19-17(21)16-12(4)13-9-11(3)5-6-15(13)18-16/h5-6,9-10,14,18,20H,7-8H2,1-4H3,(H,19,21). The number of aliphatic hydroxyl groups is 1. The number of fused-ring (bicyclic) bond motifs is 1. The third-order valence-corrected chi connectivity index (χ3v) is 4.00. The van der Waals surface area contributed by atoms with Crippen molar-refractivity contribution >= 4 is 16.8 Å². The number of hydrogen-bond donors (Lipinski definition) is 3. The van der Waals surface area contributed by atoms with E-state index < -0.39 is 0 Å². The average Bonchev–Trinajstić information content (AvgIpc) is 2.75. The Bertz CT molecular complexity index is 644. The quantitative estimate of drug-likeness (QED) is 0.792. The number of rotatable bonds is 5. The Morgan fingerprint density at radius 2 is 2.05 bits per heavy atom. The fourth-order valence-corrected chi connectivity index (χ4v) is 2.62. The molecule has 4 nitrogen and oxygen atoms in total. The van der Waals surface area contributed by atoms with Crippen LogP contribution < -0.4 is 5.32 Å². The molecule has 3 N–H and O–H groups in total. The van der Waals surface area contributed by atoms with Crippen LogP contribution in [0.15, 0.2) is 18.2 Å². The number of aryl methyl sites for hydroxylation is 2. The first kappa shape index (κ1) is 15.6. The van der Waals surface area contributed by atoms with Crippen LogP contribution in [0.25, 0.3) is 10.9 Å². The largest absolute Gasteiger partial charge is 0.396 e. The second-order valence-corrected chi connectivity index (χ2v) is 6.01. The number of H-pyrrole nitrogens is 1. The highest BCUT2D eigenvalue weighted by atomic mass is 16.3. The summed E-state index contributed by atoms with van der Waals surface area (Å²) in [4.78, 5) is 15.7. The Hall–Kier alpha value is -1.81. The zero-order chi connectivity index (χ0) is 15.6. The molecule has 21 heavy (non-hydrogen) atoms. The van der Waals surface area contributed by atoms with Gasteiger partial charge in [-0.15, -0.1) is 0 Å². The van der Waals surface area contributed by atoms with Gasteiger partial charge in [0.2, 0.25) is 0 Å². The second-order valence-electron chi connectivity index (χ2n) is 6.01. The van der Waals surface area contributed by atoms with E-state index in [4.69, 9.17) is 5.11 Å². The number of carbonyl (C=O) groups excluding carboxylic acids is 1. The summed E-state index contributed by atoms with van der Waals surface area (Å²) in [6.07, 6.45) is 0.571. The van der Waals surface area contributed by atoms with E-state index in [1.807, 2.05) is 39.8 Å². The maximum absolute atomic E-state index is 12.5. The van der Waals surface area contributed by atoms with E-state index in [1.165, 1.54) is 5.56 Å². The summed E-state index contributed by atoms with van der Waals surface area (Å²) < 4.78 is 0. The lowest BCUT2D eigenvalue weighted by Crippen LogP contribution is -2.39. The maximum atomic E-state index is 12.5. The summed E-state index contributed by atoms with van der Waals surface area (Å²) in [6.45, 7) is 8.17. The van der Waals surface area contributed by atoms with Gasteiger partial charge in [0.25, 0.3) is 5.91 Å². The number of amides is 1. The van der Waals surface area contributed by atoms with Gasteiger partial charge in [0.1, 0.15) is 5.69 Å². The van der Waals surface area contributed by atoms with Crippen LogP contribution in [0.4, 0.5) is 0 Å². The summed E-state index contributed by atoms with van der Waals surface area (Å²) in [6, 6.07) is 6.10. The fraction of sp³-hybridized carbons (Fsp3) is 0.471. The number of aliphatic hydroxyl groups excluding tert-OH is 1. The molecule has 1 heterocycles. The highest BCUT2D eigenvalue weighted by molar-refractivity contribution is 6.01. The molecule has 1 atom stereocenters. The van der Waals surface area contributed by atoms with Crippen molar-refractivity contribution in [2.75, 3.05) is 6.61 Å². The molecule has 0 aliphatic carbocycles. The van der Waals surface area contributed by atoms with Crippen LogP contribution in [0.1, 0.15) is 41.9 Å². The van der Waals surface area contributed by atoms with Gasteiger partial charge in [0.05, 0.1) is 0 Å². The molecule has 0 fully saturated rings. The fourth-order valence-electron chi connectivity index (χ4n) is 2.62. The molecule has 1 amide bonds. The van der Waals surface area contributed by atoms with Gasteiger partial charge < -0.3 is 15.4 Å². The number of carbonyl (C=O) groups is 1. The molecule has 0 aliphatic heterocycles. The van der Waals surface area contributed by atoms with Crippen LogP contribution in [0, 0.1) is 19.8 Å². The van der Waals surface area contributed by atoms with Gasteiger partial charge in [-0.1, -0.05) is 25.5 Å². The molecule has 0 spiro atoms. The van der Waals surface area contributed by atoms with E-state index in [9.17, 15) is 4.79 Å². The molecule has 0 saturated carbocycles. The smallest absolute Gasteiger partial charge is 0.268 e. The molecule has 1 aromatic carbocycles. The van der Waals surface area contributed by atoms with Crippen molar-refractivity contribution in [2.24, 2.45) is 5.92 Å². The highest BCUT2D eigenvalue weighted by Crippen LogP contribution is 2.23. The zero-order valence-corrected chi connectivity index (χ0v) is 13.2. The van der Waals surface area contributed by atoms with E-state index in [0.717, 1.165) is 16.5 Å².